The van der Waals surface area contributed by atoms with Gasteiger partial charge in [0.05, 0.1) is 33.5 Å². The Bertz CT molecular complexity index is 1130. The smallest absolute Gasteiger partial charge is 0.472 e. The van der Waals surface area contributed by atoms with E-state index in [2.05, 4.69) is 9.05 Å². The summed E-state index contributed by atoms with van der Waals surface area (Å²) in [6, 6.07) is 6.25. The van der Waals surface area contributed by atoms with Crippen molar-refractivity contribution in [1.29, 1.82) is 0 Å². The molecule has 2 aromatic rings. The fourth-order valence-corrected chi connectivity index (χ4v) is 3.27. The summed E-state index contributed by atoms with van der Waals surface area (Å²) in [6.07, 6.45) is 3.15. The second-order valence-electron chi connectivity index (χ2n) is 6.67. The minimum atomic E-state index is -4.88. The van der Waals surface area contributed by atoms with Crippen LogP contribution in [-0.4, -0.2) is 59.6 Å². The Hall–Kier alpha value is -2.64. The standard InChI is InChI=1S/C20H26O14P2/c1-28-16-7-6-14(5-4-13-8-17(29-2)15(10-21)18(9-13)30-3)19(31-11-33-35(22,23)24)20(16)32-12-34-36(25,26)27/h4-9,21H,10-12H2,1-3H3,(H2,22,23,24)(H2,25,26,27)/b5-4-. The molecule has 0 spiro atoms. The van der Waals surface area contributed by atoms with Crippen LogP contribution in [0, 0.1) is 0 Å². The summed E-state index contributed by atoms with van der Waals surface area (Å²) in [7, 11) is -5.58. The van der Waals surface area contributed by atoms with Gasteiger partial charge in [0.15, 0.2) is 11.5 Å². The number of ether oxygens (including phenoxy) is 5. The minimum Gasteiger partial charge on any atom is -0.496 e. The second-order valence-corrected chi connectivity index (χ2v) is 9.15. The summed E-state index contributed by atoms with van der Waals surface area (Å²) in [4.78, 5) is 35.7. The van der Waals surface area contributed by atoms with Crippen LogP contribution in [-0.2, 0) is 24.8 Å². The quantitative estimate of drug-likeness (QED) is 0.130. The number of phosphoric ester groups is 2. The van der Waals surface area contributed by atoms with Gasteiger partial charge in [-0.15, -0.1) is 0 Å². The van der Waals surface area contributed by atoms with Crippen LogP contribution in [0.2, 0.25) is 0 Å². The molecular weight excluding hydrogens is 526 g/mol. The van der Waals surface area contributed by atoms with E-state index in [1.165, 1.54) is 39.5 Å². The molecule has 0 fully saturated rings. The van der Waals surface area contributed by atoms with Gasteiger partial charge in [0.1, 0.15) is 11.5 Å². The Morgan fingerprint density at radius 1 is 0.750 bits per heavy atom. The zero-order valence-electron chi connectivity index (χ0n) is 19.4. The molecule has 0 unspecified atom stereocenters. The summed E-state index contributed by atoms with van der Waals surface area (Å²) < 4.78 is 57.2. The number of aliphatic hydroxyl groups is 1. The maximum absolute atomic E-state index is 11.1. The Morgan fingerprint density at radius 3 is 1.69 bits per heavy atom. The van der Waals surface area contributed by atoms with Crippen molar-refractivity contribution in [2.45, 2.75) is 6.61 Å². The van der Waals surface area contributed by atoms with Crippen molar-refractivity contribution in [2.75, 3.05) is 34.9 Å². The van der Waals surface area contributed by atoms with Crippen molar-refractivity contribution < 1.29 is 66.5 Å². The first-order chi connectivity index (χ1) is 16.9. The average molecular weight is 552 g/mol. The highest BCUT2D eigenvalue weighted by molar-refractivity contribution is 7.46. The molecule has 0 heterocycles. The molecule has 16 heteroatoms. The summed E-state index contributed by atoms with van der Waals surface area (Å²) >= 11 is 0. The van der Waals surface area contributed by atoms with E-state index < -0.39 is 29.2 Å². The first-order valence-corrected chi connectivity index (χ1v) is 12.9. The van der Waals surface area contributed by atoms with Gasteiger partial charge in [-0.2, -0.15) is 0 Å². The predicted octanol–water partition coefficient (Wildman–Crippen LogP) is 2.27. The van der Waals surface area contributed by atoms with Gasteiger partial charge in [0.2, 0.25) is 19.3 Å². The molecule has 0 saturated carbocycles. The van der Waals surface area contributed by atoms with Gasteiger partial charge in [-0.05, 0) is 29.8 Å². The third kappa shape index (κ3) is 8.79. The van der Waals surface area contributed by atoms with E-state index in [-0.39, 0.29) is 23.9 Å². The lowest BCUT2D eigenvalue weighted by atomic mass is 10.1. The monoisotopic (exact) mass is 552 g/mol. The molecule has 0 aliphatic rings. The average Bonchev–Trinajstić information content (AvgIpc) is 2.81. The number of hydrogen-bond acceptors (Lipinski definition) is 10. The van der Waals surface area contributed by atoms with E-state index in [4.69, 9.17) is 43.3 Å². The van der Waals surface area contributed by atoms with Gasteiger partial charge in [0.25, 0.3) is 0 Å². The molecule has 2 aromatic carbocycles. The van der Waals surface area contributed by atoms with Crippen LogP contribution in [0.4, 0.5) is 0 Å². The topological polar surface area (TPSA) is 200 Å². The highest BCUT2D eigenvalue weighted by Gasteiger charge is 2.21. The van der Waals surface area contributed by atoms with Crippen molar-refractivity contribution in [1.82, 2.24) is 0 Å². The Balaban J connectivity index is 2.51. The van der Waals surface area contributed by atoms with Gasteiger partial charge in [0, 0.05) is 5.56 Å². The molecule has 5 N–H and O–H groups in total. The molecule has 36 heavy (non-hydrogen) atoms. The summed E-state index contributed by atoms with van der Waals surface area (Å²) in [5, 5.41) is 9.59. The van der Waals surface area contributed by atoms with Crippen molar-refractivity contribution >= 4 is 27.8 Å². The maximum atomic E-state index is 11.1. The molecule has 0 saturated heterocycles. The van der Waals surface area contributed by atoms with Gasteiger partial charge < -0.3 is 48.4 Å². The zero-order chi connectivity index (χ0) is 26.9. The van der Waals surface area contributed by atoms with E-state index >= 15 is 0 Å². The molecule has 2 rings (SSSR count). The van der Waals surface area contributed by atoms with Crippen LogP contribution in [0.5, 0.6) is 28.7 Å². The zero-order valence-corrected chi connectivity index (χ0v) is 21.2. The summed E-state index contributed by atoms with van der Waals surface area (Å²) in [6.45, 7) is -2.12. The molecule has 0 atom stereocenters. The summed E-state index contributed by atoms with van der Waals surface area (Å²) in [5.41, 5.74) is 1.32. The van der Waals surface area contributed by atoms with Crippen LogP contribution in [0.3, 0.4) is 0 Å². The van der Waals surface area contributed by atoms with Crippen molar-refractivity contribution in [2.24, 2.45) is 0 Å². The van der Waals surface area contributed by atoms with E-state index in [1.807, 2.05) is 0 Å². The predicted molar refractivity (Wildman–Crippen MR) is 125 cm³/mol. The van der Waals surface area contributed by atoms with E-state index in [0.29, 0.717) is 28.2 Å². The van der Waals surface area contributed by atoms with E-state index in [1.54, 1.807) is 18.2 Å². The van der Waals surface area contributed by atoms with Crippen LogP contribution in [0.15, 0.2) is 24.3 Å². The van der Waals surface area contributed by atoms with E-state index in [9.17, 15) is 14.2 Å². The first-order valence-electron chi connectivity index (χ1n) is 9.83. The number of hydrogen-bond donors (Lipinski definition) is 5. The van der Waals surface area contributed by atoms with Gasteiger partial charge in [-0.1, -0.05) is 12.2 Å². The fourth-order valence-electron chi connectivity index (χ4n) is 2.89. The molecule has 0 aliphatic heterocycles. The molecule has 0 aromatic heterocycles. The fraction of sp³-hybridized carbons (Fsp3) is 0.300. The van der Waals surface area contributed by atoms with Crippen LogP contribution in [0.25, 0.3) is 12.2 Å². The molecule has 0 amide bonds. The lowest BCUT2D eigenvalue weighted by Gasteiger charge is -2.18. The maximum Gasteiger partial charge on any atom is 0.472 e. The van der Waals surface area contributed by atoms with Gasteiger partial charge in [-0.25, -0.2) is 18.2 Å². The normalized spacial score (nSPS) is 12.0. The molecule has 200 valence electrons. The highest BCUT2D eigenvalue weighted by Crippen LogP contribution is 2.44. The second kappa shape index (κ2) is 13.1. The highest BCUT2D eigenvalue weighted by atomic mass is 31.2. The Labute approximate surface area is 206 Å². The summed E-state index contributed by atoms with van der Waals surface area (Å²) in [5.74, 6) is 0.475. The van der Waals surface area contributed by atoms with E-state index in [0.717, 1.165) is 0 Å². The van der Waals surface area contributed by atoms with Crippen LogP contribution >= 0.6 is 15.6 Å². The number of rotatable bonds is 14. The number of aliphatic hydroxyl groups excluding tert-OH is 1. The number of benzene rings is 2. The van der Waals surface area contributed by atoms with Crippen molar-refractivity contribution in [3.63, 3.8) is 0 Å². The molecule has 0 aliphatic carbocycles. The minimum absolute atomic E-state index is 0.0586. The molecule has 0 bridgehead atoms. The van der Waals surface area contributed by atoms with Crippen LogP contribution in [0.1, 0.15) is 16.7 Å². The third-order valence-electron chi connectivity index (χ3n) is 4.42. The molecule has 14 nitrogen and oxygen atoms in total. The van der Waals surface area contributed by atoms with Crippen molar-refractivity contribution in [3.05, 3.63) is 41.0 Å². The van der Waals surface area contributed by atoms with Gasteiger partial charge >= 0.3 is 15.6 Å². The third-order valence-corrected chi connectivity index (χ3v) is 5.30. The lowest BCUT2D eigenvalue weighted by molar-refractivity contribution is 0.0613. The number of methoxy groups -OCH3 is 3. The molecule has 0 radical (unpaired) electrons. The first kappa shape index (κ1) is 29.6. The lowest BCUT2D eigenvalue weighted by Crippen LogP contribution is -2.08. The number of phosphoric acid groups is 2. The van der Waals surface area contributed by atoms with Crippen molar-refractivity contribution in [3.8, 4) is 28.7 Å². The SMILES string of the molecule is COc1cc(/C=C\c2ccc(OC)c(OCOP(=O)(O)O)c2OCOP(=O)(O)O)cc(OC)c1CO. The Morgan fingerprint density at radius 2 is 1.25 bits per heavy atom. The molecular formula is C20H26O14P2. The van der Waals surface area contributed by atoms with Gasteiger partial charge in [-0.3, -0.25) is 0 Å². The Kier molecular flexibility index (Phi) is 10.7. The van der Waals surface area contributed by atoms with Crippen LogP contribution < -0.4 is 23.7 Å². The largest absolute Gasteiger partial charge is 0.496 e.